The fourth-order valence-corrected chi connectivity index (χ4v) is 2.29. The lowest BCUT2D eigenvalue weighted by Gasteiger charge is -2.14. The average molecular weight is 308 g/mol. The third kappa shape index (κ3) is 3.96. The van der Waals surface area contributed by atoms with E-state index < -0.39 is 0 Å². The van der Waals surface area contributed by atoms with E-state index in [0.717, 1.165) is 16.7 Å². The van der Waals surface area contributed by atoms with Crippen molar-refractivity contribution in [1.29, 1.82) is 0 Å². The van der Waals surface area contributed by atoms with E-state index in [2.05, 4.69) is 19.2 Å². The largest absolute Gasteiger partial charge is 0.494 e. The van der Waals surface area contributed by atoms with Gasteiger partial charge in [-0.05, 0) is 41.0 Å². The molecule has 0 atom stereocenters. The summed E-state index contributed by atoms with van der Waals surface area (Å²) >= 11 is 6.09. The van der Waals surface area contributed by atoms with Gasteiger partial charge < -0.3 is 10.1 Å². The standard InChI is InChI=1S/C17H19ClFNO/c1-11(2)20-10-13-4-6-14(18)9-15(13)12-5-7-17(21-3)16(19)8-12/h4-9,11,20H,10H2,1-3H3. The van der Waals surface area contributed by atoms with Crippen LogP contribution in [0.1, 0.15) is 19.4 Å². The molecule has 0 radical (unpaired) electrons. The first-order valence-corrected chi connectivity index (χ1v) is 7.24. The quantitative estimate of drug-likeness (QED) is 0.868. The van der Waals surface area contributed by atoms with Gasteiger partial charge in [0.05, 0.1) is 7.11 Å². The van der Waals surface area contributed by atoms with E-state index in [1.54, 1.807) is 6.07 Å². The molecule has 0 aliphatic rings. The highest BCUT2D eigenvalue weighted by Gasteiger charge is 2.10. The van der Waals surface area contributed by atoms with Crippen LogP contribution in [-0.4, -0.2) is 13.2 Å². The first-order valence-electron chi connectivity index (χ1n) is 6.87. The molecule has 0 spiro atoms. The maximum absolute atomic E-state index is 13.9. The molecule has 0 aliphatic heterocycles. The molecule has 0 aliphatic carbocycles. The minimum atomic E-state index is -0.377. The molecule has 112 valence electrons. The Morgan fingerprint density at radius 1 is 1.19 bits per heavy atom. The number of hydrogen-bond donors (Lipinski definition) is 1. The Hall–Kier alpha value is -1.58. The van der Waals surface area contributed by atoms with Gasteiger partial charge >= 0.3 is 0 Å². The van der Waals surface area contributed by atoms with E-state index in [9.17, 15) is 4.39 Å². The summed E-state index contributed by atoms with van der Waals surface area (Å²) in [6, 6.07) is 11.0. The van der Waals surface area contributed by atoms with Gasteiger partial charge in [-0.2, -0.15) is 0 Å². The monoisotopic (exact) mass is 307 g/mol. The van der Waals surface area contributed by atoms with E-state index in [1.807, 2.05) is 24.3 Å². The van der Waals surface area contributed by atoms with Gasteiger partial charge in [0.1, 0.15) is 0 Å². The topological polar surface area (TPSA) is 21.3 Å². The van der Waals surface area contributed by atoms with Crippen LogP contribution in [0.4, 0.5) is 4.39 Å². The van der Waals surface area contributed by atoms with Crippen molar-refractivity contribution < 1.29 is 9.13 Å². The van der Waals surface area contributed by atoms with Crippen molar-refractivity contribution in [2.24, 2.45) is 0 Å². The Balaban J connectivity index is 2.41. The van der Waals surface area contributed by atoms with Crippen LogP contribution in [0.25, 0.3) is 11.1 Å². The summed E-state index contributed by atoms with van der Waals surface area (Å²) < 4.78 is 18.9. The van der Waals surface area contributed by atoms with E-state index in [0.29, 0.717) is 17.6 Å². The Bertz CT molecular complexity index is 628. The van der Waals surface area contributed by atoms with Crippen molar-refractivity contribution >= 4 is 11.6 Å². The Kier molecular flexibility index (Phi) is 5.21. The molecule has 0 fully saturated rings. The number of benzene rings is 2. The van der Waals surface area contributed by atoms with E-state index in [1.165, 1.54) is 13.2 Å². The van der Waals surface area contributed by atoms with E-state index >= 15 is 0 Å². The molecule has 2 nitrogen and oxygen atoms in total. The molecule has 2 aromatic rings. The van der Waals surface area contributed by atoms with Gasteiger partial charge in [0.25, 0.3) is 0 Å². The van der Waals surface area contributed by atoms with Crippen LogP contribution in [0.5, 0.6) is 5.75 Å². The average Bonchev–Trinajstić information content (AvgIpc) is 2.45. The predicted octanol–water partition coefficient (Wildman–Crippen LogP) is 4.65. The van der Waals surface area contributed by atoms with Gasteiger partial charge in [-0.1, -0.05) is 37.6 Å². The molecule has 0 bridgehead atoms. The van der Waals surface area contributed by atoms with Gasteiger partial charge in [-0.25, -0.2) is 4.39 Å². The molecule has 0 heterocycles. The summed E-state index contributed by atoms with van der Waals surface area (Å²) in [5.41, 5.74) is 2.80. The number of ether oxygens (including phenoxy) is 1. The minimum Gasteiger partial charge on any atom is -0.494 e. The van der Waals surface area contributed by atoms with Gasteiger partial charge in [-0.15, -0.1) is 0 Å². The Morgan fingerprint density at radius 3 is 2.57 bits per heavy atom. The van der Waals surface area contributed by atoms with Crippen molar-refractivity contribution in [3.63, 3.8) is 0 Å². The summed E-state index contributed by atoms with van der Waals surface area (Å²) in [5, 5.41) is 4.00. The molecule has 0 saturated heterocycles. The van der Waals surface area contributed by atoms with Crippen LogP contribution in [0.3, 0.4) is 0 Å². The molecule has 1 N–H and O–H groups in total. The van der Waals surface area contributed by atoms with Crippen LogP contribution in [-0.2, 0) is 6.54 Å². The molecule has 0 amide bonds. The van der Waals surface area contributed by atoms with E-state index in [4.69, 9.17) is 16.3 Å². The molecule has 2 aromatic carbocycles. The first-order chi connectivity index (χ1) is 10.0. The van der Waals surface area contributed by atoms with Crippen LogP contribution < -0.4 is 10.1 Å². The van der Waals surface area contributed by atoms with Crippen molar-refractivity contribution in [3.05, 3.63) is 52.8 Å². The maximum atomic E-state index is 13.9. The van der Waals surface area contributed by atoms with Crippen LogP contribution in [0.15, 0.2) is 36.4 Å². The molecule has 2 rings (SSSR count). The van der Waals surface area contributed by atoms with Crippen molar-refractivity contribution in [3.8, 4) is 16.9 Å². The smallest absolute Gasteiger partial charge is 0.165 e. The number of nitrogens with one attached hydrogen (secondary N) is 1. The number of hydrogen-bond acceptors (Lipinski definition) is 2. The summed E-state index contributed by atoms with van der Waals surface area (Å²) in [7, 11) is 1.45. The second-order valence-electron chi connectivity index (χ2n) is 5.19. The maximum Gasteiger partial charge on any atom is 0.165 e. The molecule has 0 saturated carbocycles. The second kappa shape index (κ2) is 6.92. The van der Waals surface area contributed by atoms with Gasteiger partial charge in [-0.3, -0.25) is 0 Å². The predicted molar refractivity (Wildman–Crippen MR) is 85.4 cm³/mol. The van der Waals surface area contributed by atoms with Crippen molar-refractivity contribution in [1.82, 2.24) is 5.32 Å². The van der Waals surface area contributed by atoms with Gasteiger partial charge in [0.15, 0.2) is 11.6 Å². The summed E-state index contributed by atoms with van der Waals surface area (Å²) in [6.07, 6.45) is 0. The molecular weight excluding hydrogens is 289 g/mol. The molecule has 21 heavy (non-hydrogen) atoms. The van der Waals surface area contributed by atoms with Crippen molar-refractivity contribution in [2.75, 3.05) is 7.11 Å². The van der Waals surface area contributed by atoms with Crippen LogP contribution in [0.2, 0.25) is 5.02 Å². The second-order valence-corrected chi connectivity index (χ2v) is 5.62. The SMILES string of the molecule is COc1ccc(-c2cc(Cl)ccc2CNC(C)C)cc1F. The fraction of sp³-hybridized carbons (Fsp3) is 0.294. The highest BCUT2D eigenvalue weighted by atomic mass is 35.5. The third-order valence-corrected chi connectivity index (χ3v) is 3.47. The first kappa shape index (κ1) is 15.8. The molecular formula is C17H19ClFNO. The lowest BCUT2D eigenvalue weighted by atomic mass is 9.99. The summed E-state index contributed by atoms with van der Waals surface area (Å²) in [5.74, 6) is -0.139. The lowest BCUT2D eigenvalue weighted by molar-refractivity contribution is 0.386. The molecule has 0 unspecified atom stereocenters. The Labute approximate surface area is 129 Å². The van der Waals surface area contributed by atoms with Gasteiger partial charge in [0, 0.05) is 17.6 Å². The number of halogens is 2. The third-order valence-electron chi connectivity index (χ3n) is 3.24. The van der Waals surface area contributed by atoms with Crippen molar-refractivity contribution in [2.45, 2.75) is 26.4 Å². The summed E-state index contributed by atoms with van der Waals surface area (Å²) in [6.45, 7) is 4.88. The zero-order chi connectivity index (χ0) is 15.4. The highest BCUT2D eigenvalue weighted by Crippen LogP contribution is 2.30. The highest BCUT2D eigenvalue weighted by molar-refractivity contribution is 6.30. The zero-order valence-corrected chi connectivity index (χ0v) is 13.2. The summed E-state index contributed by atoms with van der Waals surface area (Å²) in [4.78, 5) is 0. The minimum absolute atomic E-state index is 0.239. The Morgan fingerprint density at radius 2 is 1.95 bits per heavy atom. The molecule has 0 aromatic heterocycles. The number of methoxy groups -OCH3 is 1. The van der Waals surface area contributed by atoms with Gasteiger partial charge in [0.2, 0.25) is 0 Å². The van der Waals surface area contributed by atoms with Crippen LogP contribution >= 0.6 is 11.6 Å². The lowest BCUT2D eigenvalue weighted by Crippen LogP contribution is -2.22. The zero-order valence-electron chi connectivity index (χ0n) is 12.4. The van der Waals surface area contributed by atoms with E-state index in [-0.39, 0.29) is 11.6 Å². The number of rotatable bonds is 5. The molecule has 4 heteroatoms. The fourth-order valence-electron chi connectivity index (χ4n) is 2.12. The normalized spacial score (nSPS) is 11.0. The van der Waals surface area contributed by atoms with Crippen LogP contribution in [0, 0.1) is 5.82 Å².